The second-order valence-electron chi connectivity index (χ2n) is 7.18. The number of thiazole rings is 1. The normalized spacial score (nSPS) is 16.3. The van der Waals surface area contributed by atoms with Gasteiger partial charge in [-0.25, -0.2) is 4.98 Å². The number of benzene rings is 1. The molecule has 0 saturated carbocycles. The number of hydrogen-bond acceptors (Lipinski definition) is 5. The number of likely N-dealkylation sites (tertiary alicyclic amines) is 1. The molecule has 2 heterocycles. The number of aliphatic imine (C=N–C) groups is 1. The van der Waals surface area contributed by atoms with Crippen molar-refractivity contribution in [1.29, 1.82) is 0 Å². The summed E-state index contributed by atoms with van der Waals surface area (Å²) in [5, 5.41) is 9.07. The number of thioether (sulfide) groups is 1. The summed E-state index contributed by atoms with van der Waals surface area (Å²) in [5.74, 6) is 2.01. The topological polar surface area (TPSA) is 52.6 Å². The highest BCUT2D eigenvalue weighted by atomic mass is 32.2. The number of hydrogen-bond donors (Lipinski definition) is 2. The van der Waals surface area contributed by atoms with E-state index in [-0.39, 0.29) is 0 Å². The van der Waals surface area contributed by atoms with Gasteiger partial charge in [0.15, 0.2) is 5.96 Å². The molecule has 1 aromatic heterocycles. The van der Waals surface area contributed by atoms with Crippen LogP contribution >= 0.6 is 23.1 Å². The molecule has 1 saturated heterocycles. The Hall–Kier alpha value is -1.57. The largest absolute Gasteiger partial charge is 0.356 e. The van der Waals surface area contributed by atoms with E-state index in [0.717, 1.165) is 61.5 Å². The molecule has 0 aliphatic carbocycles. The van der Waals surface area contributed by atoms with Crippen LogP contribution in [0.3, 0.4) is 0 Å². The molecule has 0 spiro atoms. The first-order chi connectivity index (χ1) is 13.7. The maximum Gasteiger partial charge on any atom is 0.191 e. The Bertz CT molecular complexity index is 724. The van der Waals surface area contributed by atoms with E-state index in [0.29, 0.717) is 6.04 Å². The van der Waals surface area contributed by atoms with Gasteiger partial charge >= 0.3 is 0 Å². The Kier molecular flexibility index (Phi) is 8.64. The summed E-state index contributed by atoms with van der Waals surface area (Å²) < 4.78 is 1.15. The highest BCUT2D eigenvalue weighted by Crippen LogP contribution is 2.20. The Labute approximate surface area is 177 Å². The van der Waals surface area contributed by atoms with Crippen LogP contribution in [0.15, 0.2) is 45.2 Å². The third-order valence-electron chi connectivity index (χ3n) is 4.89. The molecule has 1 aliphatic heterocycles. The fourth-order valence-corrected chi connectivity index (χ4v) is 5.06. The second-order valence-corrected chi connectivity index (χ2v) is 9.42. The van der Waals surface area contributed by atoms with E-state index >= 15 is 0 Å². The zero-order valence-electron chi connectivity index (χ0n) is 16.9. The summed E-state index contributed by atoms with van der Waals surface area (Å²) in [5.41, 5.74) is 2.76. The average Bonchev–Trinajstić information content (AvgIpc) is 3.22. The minimum Gasteiger partial charge on any atom is -0.356 e. The molecule has 152 valence electrons. The maximum absolute atomic E-state index is 4.39. The zero-order chi connectivity index (χ0) is 19.6. The highest BCUT2D eigenvalue weighted by molar-refractivity contribution is 8.00. The number of aryl methyl sites for hydroxylation is 1. The fourth-order valence-electron chi connectivity index (χ4n) is 3.41. The lowest BCUT2D eigenvalue weighted by atomic mass is 10.0. The van der Waals surface area contributed by atoms with Gasteiger partial charge in [0.25, 0.3) is 0 Å². The van der Waals surface area contributed by atoms with Crippen LogP contribution in [0.4, 0.5) is 0 Å². The van der Waals surface area contributed by atoms with Crippen molar-refractivity contribution in [3.05, 3.63) is 47.0 Å². The van der Waals surface area contributed by atoms with Gasteiger partial charge in [0, 0.05) is 56.6 Å². The Morgan fingerprint density at radius 3 is 2.93 bits per heavy atom. The van der Waals surface area contributed by atoms with Crippen LogP contribution in [0.5, 0.6) is 0 Å². The molecular weight excluding hydrogens is 386 g/mol. The molecule has 1 fully saturated rings. The minimum absolute atomic E-state index is 0.504. The van der Waals surface area contributed by atoms with Gasteiger partial charge in [0.05, 0.1) is 0 Å². The van der Waals surface area contributed by atoms with Crippen molar-refractivity contribution in [2.75, 3.05) is 32.4 Å². The van der Waals surface area contributed by atoms with Gasteiger partial charge in [-0.1, -0.05) is 41.6 Å². The minimum atomic E-state index is 0.504. The smallest absolute Gasteiger partial charge is 0.191 e. The first-order valence-electron chi connectivity index (χ1n) is 10.0. The summed E-state index contributed by atoms with van der Waals surface area (Å²) in [6, 6.07) is 9.35. The van der Waals surface area contributed by atoms with Crippen LogP contribution in [0.25, 0.3) is 0 Å². The number of rotatable bonds is 8. The third-order valence-corrected chi connectivity index (χ3v) is 6.94. The molecule has 1 aliphatic rings. The van der Waals surface area contributed by atoms with Crippen LogP contribution in [-0.2, 0) is 6.54 Å². The monoisotopic (exact) mass is 417 g/mol. The van der Waals surface area contributed by atoms with Gasteiger partial charge in [0.2, 0.25) is 0 Å². The van der Waals surface area contributed by atoms with Crippen LogP contribution in [0.2, 0.25) is 0 Å². The van der Waals surface area contributed by atoms with E-state index in [1.165, 1.54) is 11.1 Å². The van der Waals surface area contributed by atoms with E-state index in [1.807, 2.05) is 30.4 Å². The summed E-state index contributed by atoms with van der Waals surface area (Å²) >= 11 is 3.53. The van der Waals surface area contributed by atoms with Gasteiger partial charge in [-0.15, -0.1) is 11.3 Å². The molecule has 2 N–H and O–H groups in total. The van der Waals surface area contributed by atoms with Gasteiger partial charge in [-0.05, 0) is 31.7 Å². The van der Waals surface area contributed by atoms with Gasteiger partial charge in [-0.3, -0.25) is 9.89 Å². The second kappa shape index (κ2) is 11.4. The lowest BCUT2D eigenvalue weighted by molar-refractivity contribution is 0.198. The van der Waals surface area contributed by atoms with Crippen molar-refractivity contribution in [2.24, 2.45) is 4.99 Å². The summed E-state index contributed by atoms with van der Waals surface area (Å²) in [4.78, 5) is 11.2. The predicted molar refractivity (Wildman–Crippen MR) is 121 cm³/mol. The highest BCUT2D eigenvalue weighted by Gasteiger charge is 2.20. The number of aromatic nitrogens is 1. The van der Waals surface area contributed by atoms with Crippen molar-refractivity contribution in [3.8, 4) is 0 Å². The number of nitrogens with one attached hydrogen (secondary N) is 2. The van der Waals surface area contributed by atoms with Gasteiger partial charge in [-0.2, -0.15) is 0 Å². The number of nitrogens with zero attached hydrogens (tertiary/aromatic N) is 3. The van der Waals surface area contributed by atoms with Crippen molar-refractivity contribution < 1.29 is 0 Å². The molecule has 0 bridgehead atoms. The van der Waals surface area contributed by atoms with Crippen LogP contribution in [0.1, 0.15) is 30.4 Å². The number of guanidine groups is 1. The fraction of sp³-hybridized carbons (Fsp3) is 0.524. The van der Waals surface area contributed by atoms with Crippen molar-refractivity contribution in [1.82, 2.24) is 20.5 Å². The van der Waals surface area contributed by atoms with E-state index in [4.69, 9.17) is 0 Å². The molecule has 1 aromatic carbocycles. The lowest BCUT2D eigenvalue weighted by Crippen LogP contribution is -2.48. The quantitative estimate of drug-likeness (QED) is 0.296. The predicted octanol–water partition coefficient (Wildman–Crippen LogP) is 3.76. The van der Waals surface area contributed by atoms with Gasteiger partial charge < -0.3 is 10.6 Å². The first kappa shape index (κ1) is 21.1. The summed E-state index contributed by atoms with van der Waals surface area (Å²) in [7, 11) is 1.85. The van der Waals surface area contributed by atoms with Crippen molar-refractivity contribution in [2.45, 2.75) is 43.1 Å². The molecule has 3 rings (SSSR count). The zero-order valence-corrected chi connectivity index (χ0v) is 18.5. The van der Waals surface area contributed by atoms with Crippen LogP contribution in [0, 0.1) is 6.92 Å². The molecular formula is C21H31N5S2. The molecule has 7 heteroatoms. The Morgan fingerprint density at radius 1 is 1.36 bits per heavy atom. The van der Waals surface area contributed by atoms with Crippen molar-refractivity contribution in [3.63, 3.8) is 0 Å². The van der Waals surface area contributed by atoms with E-state index < -0.39 is 0 Å². The lowest BCUT2D eigenvalue weighted by Gasteiger charge is -2.33. The Morgan fingerprint density at radius 2 is 2.21 bits per heavy atom. The standard InChI is InChI=1S/C21H31N5S2/c1-17-5-3-6-18(15-17)16-26-11-7-19(8-12-26)25-20(22-2)23-9-4-13-27-21-24-10-14-28-21/h3,5-6,10,14-15,19H,4,7-9,11-13,16H2,1-2H3,(H2,22,23,25). The molecule has 5 nitrogen and oxygen atoms in total. The van der Waals surface area contributed by atoms with Crippen LogP contribution < -0.4 is 10.6 Å². The maximum atomic E-state index is 4.39. The third kappa shape index (κ3) is 7.11. The van der Waals surface area contributed by atoms with Crippen molar-refractivity contribution >= 4 is 29.1 Å². The average molecular weight is 418 g/mol. The molecule has 0 radical (unpaired) electrons. The summed E-state index contributed by atoms with van der Waals surface area (Å²) in [6.45, 7) is 6.42. The van der Waals surface area contributed by atoms with E-state index in [2.05, 4.69) is 56.7 Å². The SMILES string of the molecule is CN=C(NCCCSc1nccs1)NC1CCN(Cc2cccc(C)c2)CC1. The van der Waals surface area contributed by atoms with Crippen LogP contribution in [-0.4, -0.2) is 54.3 Å². The molecule has 0 amide bonds. The molecule has 0 atom stereocenters. The van der Waals surface area contributed by atoms with E-state index in [9.17, 15) is 0 Å². The molecule has 0 unspecified atom stereocenters. The Balaban J connectivity index is 1.31. The molecule has 2 aromatic rings. The first-order valence-corrected chi connectivity index (χ1v) is 11.9. The number of piperidine rings is 1. The van der Waals surface area contributed by atoms with E-state index in [1.54, 1.807) is 11.3 Å². The van der Waals surface area contributed by atoms with Gasteiger partial charge in [0.1, 0.15) is 4.34 Å². The molecule has 28 heavy (non-hydrogen) atoms. The summed E-state index contributed by atoms with van der Waals surface area (Å²) in [6.07, 6.45) is 5.28.